The molecule has 0 amide bonds. The zero-order valence-corrected chi connectivity index (χ0v) is 11.3. The fraction of sp³-hybridized carbons (Fsp3) is 0.375. The van der Waals surface area contributed by atoms with Crippen molar-refractivity contribution in [3.8, 4) is 5.75 Å². The van der Waals surface area contributed by atoms with Gasteiger partial charge in [-0.15, -0.1) is 6.58 Å². The van der Waals surface area contributed by atoms with Crippen molar-refractivity contribution in [2.75, 3.05) is 6.61 Å². The maximum absolute atomic E-state index is 5.81. The number of rotatable bonds is 5. The van der Waals surface area contributed by atoms with E-state index in [9.17, 15) is 0 Å². The highest BCUT2D eigenvalue weighted by atomic mass is 16.5. The Morgan fingerprint density at radius 1 is 1.29 bits per heavy atom. The van der Waals surface area contributed by atoms with Crippen LogP contribution in [0.25, 0.3) is 0 Å². The zero-order valence-electron chi connectivity index (χ0n) is 11.3. The summed E-state index contributed by atoms with van der Waals surface area (Å²) < 4.78 is 5.81. The van der Waals surface area contributed by atoms with Gasteiger partial charge in [-0.2, -0.15) is 0 Å². The Bertz CT molecular complexity index is 409. The highest BCUT2D eigenvalue weighted by molar-refractivity contribution is 5.41. The third-order valence-electron chi connectivity index (χ3n) is 2.82. The molecule has 0 aliphatic heterocycles. The molecule has 0 aliphatic rings. The second-order valence-electron chi connectivity index (χ2n) is 5.01. The van der Waals surface area contributed by atoms with E-state index in [1.165, 1.54) is 11.1 Å². The number of para-hydroxylation sites is 1. The van der Waals surface area contributed by atoms with Gasteiger partial charge in [0.15, 0.2) is 0 Å². The summed E-state index contributed by atoms with van der Waals surface area (Å²) in [4.78, 5) is 0. The molecule has 0 heterocycles. The van der Waals surface area contributed by atoms with Gasteiger partial charge in [0, 0.05) is 11.0 Å². The minimum atomic E-state index is -0.0679. The molecule has 0 spiro atoms. The van der Waals surface area contributed by atoms with Crippen molar-refractivity contribution in [2.24, 2.45) is 0 Å². The molecule has 0 atom stereocenters. The first-order chi connectivity index (χ1) is 7.97. The fourth-order valence-electron chi connectivity index (χ4n) is 1.53. The van der Waals surface area contributed by atoms with Gasteiger partial charge in [-0.3, -0.25) is 0 Å². The monoisotopic (exact) mass is 230 g/mol. The van der Waals surface area contributed by atoms with Gasteiger partial charge in [-0.05, 0) is 26.0 Å². The molecule has 1 heteroatoms. The predicted molar refractivity (Wildman–Crippen MR) is 74.6 cm³/mol. The summed E-state index contributed by atoms with van der Waals surface area (Å²) >= 11 is 0. The van der Waals surface area contributed by atoms with Crippen LogP contribution in [0.3, 0.4) is 0 Å². The van der Waals surface area contributed by atoms with E-state index in [-0.39, 0.29) is 5.41 Å². The third-order valence-corrected chi connectivity index (χ3v) is 2.82. The van der Waals surface area contributed by atoms with E-state index in [0.29, 0.717) is 6.61 Å². The van der Waals surface area contributed by atoms with E-state index in [0.717, 1.165) is 5.75 Å². The highest BCUT2D eigenvalue weighted by Gasteiger charge is 2.20. The second kappa shape index (κ2) is 5.72. The summed E-state index contributed by atoms with van der Waals surface area (Å²) in [5, 5.41) is 0. The Labute approximate surface area is 105 Å². The minimum Gasteiger partial charge on any atom is -0.489 e. The lowest BCUT2D eigenvalue weighted by Gasteiger charge is -2.23. The normalized spacial score (nSPS) is 10.8. The Morgan fingerprint density at radius 2 is 1.94 bits per heavy atom. The lowest BCUT2D eigenvalue weighted by atomic mass is 9.84. The van der Waals surface area contributed by atoms with Crippen molar-refractivity contribution in [2.45, 2.75) is 33.1 Å². The molecule has 1 aromatic rings. The lowest BCUT2D eigenvalue weighted by Crippen LogP contribution is -2.14. The van der Waals surface area contributed by atoms with E-state index in [2.05, 4.69) is 46.4 Å². The molecule has 0 N–H and O–H groups in total. The van der Waals surface area contributed by atoms with Crippen LogP contribution in [0.15, 0.2) is 48.6 Å². The second-order valence-corrected chi connectivity index (χ2v) is 5.01. The summed E-state index contributed by atoms with van der Waals surface area (Å²) in [5.74, 6) is 0.940. The van der Waals surface area contributed by atoms with Gasteiger partial charge in [0.25, 0.3) is 0 Å². The molecule has 0 saturated carbocycles. The van der Waals surface area contributed by atoms with Crippen LogP contribution in [0.2, 0.25) is 0 Å². The van der Waals surface area contributed by atoms with Crippen LogP contribution in [-0.2, 0) is 5.41 Å². The molecule has 0 bridgehead atoms. The molecule has 0 radical (unpaired) electrons. The van der Waals surface area contributed by atoms with E-state index in [1.54, 1.807) is 0 Å². The van der Waals surface area contributed by atoms with Crippen LogP contribution >= 0.6 is 0 Å². The van der Waals surface area contributed by atoms with Gasteiger partial charge in [0.2, 0.25) is 0 Å². The number of ether oxygens (including phenoxy) is 1. The number of hydrogen-bond donors (Lipinski definition) is 0. The average molecular weight is 230 g/mol. The van der Waals surface area contributed by atoms with Gasteiger partial charge in [0.1, 0.15) is 12.4 Å². The van der Waals surface area contributed by atoms with Crippen molar-refractivity contribution in [1.82, 2.24) is 0 Å². The largest absolute Gasteiger partial charge is 0.489 e. The molecule has 0 fully saturated rings. The molecule has 0 unspecified atom stereocenters. The van der Waals surface area contributed by atoms with E-state index < -0.39 is 0 Å². The molecule has 1 aromatic carbocycles. The third kappa shape index (κ3) is 3.77. The quantitative estimate of drug-likeness (QED) is 0.677. The van der Waals surface area contributed by atoms with Gasteiger partial charge < -0.3 is 4.74 Å². The van der Waals surface area contributed by atoms with Crippen LogP contribution in [0.4, 0.5) is 0 Å². The van der Waals surface area contributed by atoms with E-state index >= 15 is 0 Å². The van der Waals surface area contributed by atoms with E-state index in [4.69, 9.17) is 4.74 Å². The smallest absolute Gasteiger partial charge is 0.123 e. The molecule has 17 heavy (non-hydrogen) atoms. The molecule has 1 nitrogen and oxygen atoms in total. The van der Waals surface area contributed by atoms with Crippen molar-refractivity contribution < 1.29 is 4.74 Å². The average Bonchev–Trinajstić information content (AvgIpc) is 2.29. The molecular weight excluding hydrogens is 208 g/mol. The van der Waals surface area contributed by atoms with Gasteiger partial charge in [-0.25, -0.2) is 0 Å². The SMILES string of the molecule is C=CC(C)(C)c1ccccc1OCC=C(C)C. The van der Waals surface area contributed by atoms with Crippen LogP contribution < -0.4 is 4.74 Å². The minimum absolute atomic E-state index is 0.0679. The molecule has 0 aliphatic carbocycles. The predicted octanol–water partition coefficient (Wildman–Crippen LogP) is 4.50. The Hall–Kier alpha value is -1.50. The van der Waals surface area contributed by atoms with Crippen molar-refractivity contribution in [3.05, 3.63) is 54.1 Å². The topological polar surface area (TPSA) is 9.23 Å². The summed E-state index contributed by atoms with van der Waals surface area (Å²) in [6, 6.07) is 8.15. The van der Waals surface area contributed by atoms with Crippen LogP contribution in [0.1, 0.15) is 33.3 Å². The first-order valence-corrected chi connectivity index (χ1v) is 5.96. The van der Waals surface area contributed by atoms with Crippen LogP contribution in [0.5, 0.6) is 5.75 Å². The molecule has 92 valence electrons. The Kier molecular flexibility index (Phi) is 4.56. The Balaban J connectivity index is 2.93. The van der Waals surface area contributed by atoms with Gasteiger partial charge in [0.05, 0.1) is 0 Å². The highest BCUT2D eigenvalue weighted by Crippen LogP contribution is 2.32. The fourth-order valence-corrected chi connectivity index (χ4v) is 1.53. The summed E-state index contributed by atoms with van der Waals surface area (Å²) in [6.07, 6.45) is 4.04. The standard InChI is InChI=1S/C16H22O/c1-6-16(4,5)14-9-7-8-10-15(14)17-12-11-13(2)3/h6-11H,1,12H2,2-5H3. The van der Waals surface area contributed by atoms with E-state index in [1.807, 2.05) is 24.3 Å². The summed E-state index contributed by atoms with van der Waals surface area (Å²) in [5.41, 5.74) is 2.38. The van der Waals surface area contributed by atoms with Crippen LogP contribution in [-0.4, -0.2) is 6.61 Å². The first-order valence-electron chi connectivity index (χ1n) is 5.96. The molecule has 0 saturated heterocycles. The maximum Gasteiger partial charge on any atom is 0.123 e. The van der Waals surface area contributed by atoms with Gasteiger partial charge >= 0.3 is 0 Å². The van der Waals surface area contributed by atoms with Crippen molar-refractivity contribution >= 4 is 0 Å². The molecular formula is C16H22O. The number of benzene rings is 1. The zero-order chi connectivity index (χ0) is 12.9. The lowest BCUT2D eigenvalue weighted by molar-refractivity contribution is 0.352. The Morgan fingerprint density at radius 3 is 2.53 bits per heavy atom. The number of allylic oxidation sites excluding steroid dienone is 2. The maximum atomic E-state index is 5.81. The number of hydrogen-bond acceptors (Lipinski definition) is 1. The summed E-state index contributed by atoms with van der Waals surface area (Å²) in [7, 11) is 0. The van der Waals surface area contributed by atoms with Crippen molar-refractivity contribution in [3.63, 3.8) is 0 Å². The molecule has 0 aromatic heterocycles. The van der Waals surface area contributed by atoms with Gasteiger partial charge in [-0.1, -0.05) is 43.7 Å². The summed E-state index contributed by atoms with van der Waals surface area (Å²) in [6.45, 7) is 12.9. The molecule has 1 rings (SSSR count). The first kappa shape index (κ1) is 13.6. The van der Waals surface area contributed by atoms with Crippen LogP contribution in [0, 0.1) is 0 Å². The van der Waals surface area contributed by atoms with Crippen molar-refractivity contribution in [1.29, 1.82) is 0 Å².